The molecule has 0 radical (unpaired) electrons. The van der Waals surface area contributed by atoms with Crippen molar-refractivity contribution in [3.63, 3.8) is 0 Å². The Labute approximate surface area is 105 Å². The van der Waals surface area contributed by atoms with E-state index in [-0.39, 0.29) is 0 Å². The molecule has 2 fully saturated rings. The minimum absolute atomic E-state index is 0.341. The number of nitrogens with one attached hydrogen (secondary N) is 1. The Bertz CT molecular complexity index is 342. The summed E-state index contributed by atoms with van der Waals surface area (Å²) < 4.78 is 23.1. The zero-order valence-electron chi connectivity index (χ0n) is 10.7. The Morgan fingerprint density at radius 2 is 2.06 bits per heavy atom. The molecule has 0 aliphatic carbocycles. The molecule has 1 N–H and O–H groups in total. The van der Waals surface area contributed by atoms with Crippen LogP contribution in [0.1, 0.15) is 26.2 Å². The van der Waals surface area contributed by atoms with Crippen molar-refractivity contribution >= 4 is 9.84 Å². The summed E-state index contributed by atoms with van der Waals surface area (Å²) in [5.74, 6) is 1.43. The molecule has 2 atom stereocenters. The summed E-state index contributed by atoms with van der Waals surface area (Å²) in [5.41, 5.74) is 0. The van der Waals surface area contributed by atoms with Gasteiger partial charge >= 0.3 is 0 Å². The van der Waals surface area contributed by atoms with Crippen LogP contribution in [-0.2, 0) is 9.84 Å². The van der Waals surface area contributed by atoms with Crippen molar-refractivity contribution in [1.29, 1.82) is 0 Å². The fraction of sp³-hybridized carbons (Fsp3) is 1.00. The lowest BCUT2D eigenvalue weighted by atomic mass is 9.92. The number of sulfone groups is 1. The molecule has 0 aromatic rings. The summed E-state index contributed by atoms with van der Waals surface area (Å²) in [6, 6.07) is 0.546. The first-order chi connectivity index (χ1) is 8.07. The number of hydrogen-bond donors (Lipinski definition) is 1. The first kappa shape index (κ1) is 13.3. The van der Waals surface area contributed by atoms with E-state index in [9.17, 15) is 8.42 Å². The van der Waals surface area contributed by atoms with Crippen LogP contribution in [0.5, 0.6) is 0 Å². The molecule has 0 aromatic carbocycles. The van der Waals surface area contributed by atoms with Gasteiger partial charge in [-0.05, 0) is 38.3 Å². The molecule has 0 saturated carbocycles. The molecule has 2 saturated heterocycles. The average molecular weight is 260 g/mol. The maximum Gasteiger partial charge on any atom is 0.151 e. The van der Waals surface area contributed by atoms with Gasteiger partial charge in [-0.2, -0.15) is 0 Å². The molecule has 0 spiro atoms. The molecule has 4 nitrogen and oxygen atoms in total. The molecular formula is C12H24N2O2S. The number of nitrogens with zero attached hydrogens (tertiary/aromatic N) is 1. The van der Waals surface area contributed by atoms with Gasteiger partial charge < -0.3 is 10.2 Å². The Morgan fingerprint density at radius 1 is 1.24 bits per heavy atom. The predicted molar refractivity (Wildman–Crippen MR) is 69.9 cm³/mol. The highest BCUT2D eigenvalue weighted by atomic mass is 32.2. The van der Waals surface area contributed by atoms with Crippen molar-refractivity contribution in [3.05, 3.63) is 0 Å². The van der Waals surface area contributed by atoms with Gasteiger partial charge in [-0.1, -0.05) is 6.92 Å². The minimum Gasteiger partial charge on any atom is -0.312 e. The quantitative estimate of drug-likeness (QED) is 0.785. The molecule has 17 heavy (non-hydrogen) atoms. The minimum atomic E-state index is -2.77. The summed E-state index contributed by atoms with van der Waals surface area (Å²) >= 11 is 0. The molecule has 5 heteroatoms. The summed E-state index contributed by atoms with van der Waals surface area (Å²) in [7, 11) is -2.77. The highest BCUT2D eigenvalue weighted by molar-refractivity contribution is 7.91. The van der Waals surface area contributed by atoms with Crippen molar-refractivity contribution in [1.82, 2.24) is 10.2 Å². The van der Waals surface area contributed by atoms with Gasteiger partial charge in [0.25, 0.3) is 0 Å². The Hall–Kier alpha value is -0.130. The van der Waals surface area contributed by atoms with E-state index in [0.717, 1.165) is 26.1 Å². The molecule has 2 unspecified atom stereocenters. The molecule has 0 aromatic heterocycles. The van der Waals surface area contributed by atoms with Crippen LogP contribution < -0.4 is 5.32 Å². The largest absolute Gasteiger partial charge is 0.312 e. The number of piperidine rings is 1. The van der Waals surface area contributed by atoms with Gasteiger partial charge in [0.15, 0.2) is 9.84 Å². The van der Waals surface area contributed by atoms with Gasteiger partial charge in [-0.25, -0.2) is 8.42 Å². The Morgan fingerprint density at radius 3 is 2.82 bits per heavy atom. The third kappa shape index (κ3) is 3.93. The van der Waals surface area contributed by atoms with Gasteiger partial charge in [-0.3, -0.25) is 0 Å². The maximum atomic E-state index is 11.5. The fourth-order valence-electron chi connectivity index (χ4n) is 2.81. The molecule has 2 heterocycles. The summed E-state index contributed by atoms with van der Waals surface area (Å²) in [4.78, 5) is 2.32. The third-order valence-corrected chi connectivity index (χ3v) is 5.75. The Kier molecular flexibility index (Phi) is 4.44. The second kappa shape index (κ2) is 5.67. The van der Waals surface area contributed by atoms with Gasteiger partial charge in [0.05, 0.1) is 11.5 Å². The molecule has 2 rings (SSSR count). The van der Waals surface area contributed by atoms with Crippen molar-refractivity contribution in [2.24, 2.45) is 5.92 Å². The molecule has 2 aliphatic rings. The fourth-order valence-corrected chi connectivity index (χ4v) is 4.12. The topological polar surface area (TPSA) is 49.4 Å². The van der Waals surface area contributed by atoms with Crippen LogP contribution in [0.3, 0.4) is 0 Å². The normalized spacial score (nSPS) is 35.4. The van der Waals surface area contributed by atoms with E-state index in [1.807, 2.05) is 0 Å². The smallest absolute Gasteiger partial charge is 0.151 e. The standard InChI is InChI=1S/C12H24N2O2S/c1-11-4-2-5-13-12(11)10-14-6-3-8-17(15,16)9-7-14/h11-13H,2-10H2,1H3. The van der Waals surface area contributed by atoms with Crippen LogP contribution in [-0.4, -0.2) is 57.0 Å². The van der Waals surface area contributed by atoms with Gasteiger partial charge in [0.2, 0.25) is 0 Å². The molecule has 100 valence electrons. The highest BCUT2D eigenvalue weighted by Gasteiger charge is 2.25. The molecular weight excluding hydrogens is 236 g/mol. The molecule has 0 bridgehead atoms. The van der Waals surface area contributed by atoms with Crippen molar-refractivity contribution < 1.29 is 8.42 Å². The van der Waals surface area contributed by atoms with E-state index >= 15 is 0 Å². The SMILES string of the molecule is CC1CCCNC1CN1CCCS(=O)(=O)CC1. The van der Waals surface area contributed by atoms with Crippen LogP contribution in [0.15, 0.2) is 0 Å². The lowest BCUT2D eigenvalue weighted by Gasteiger charge is -2.34. The lowest BCUT2D eigenvalue weighted by Crippen LogP contribution is -2.48. The van der Waals surface area contributed by atoms with E-state index in [1.54, 1.807) is 0 Å². The molecule has 2 aliphatic heterocycles. The van der Waals surface area contributed by atoms with Crippen molar-refractivity contribution in [3.8, 4) is 0 Å². The second-order valence-electron chi connectivity index (χ2n) is 5.49. The van der Waals surface area contributed by atoms with Gasteiger partial charge in [0, 0.05) is 19.1 Å². The van der Waals surface area contributed by atoms with Gasteiger partial charge in [-0.15, -0.1) is 0 Å². The van der Waals surface area contributed by atoms with E-state index in [4.69, 9.17) is 0 Å². The number of rotatable bonds is 2. The first-order valence-corrected chi connectivity index (χ1v) is 8.55. The van der Waals surface area contributed by atoms with E-state index in [2.05, 4.69) is 17.1 Å². The zero-order chi connectivity index (χ0) is 12.3. The van der Waals surface area contributed by atoms with Crippen LogP contribution in [0.4, 0.5) is 0 Å². The van der Waals surface area contributed by atoms with Crippen molar-refractivity contribution in [2.45, 2.75) is 32.2 Å². The highest BCUT2D eigenvalue weighted by Crippen LogP contribution is 2.17. The average Bonchev–Trinajstić information content (AvgIpc) is 2.44. The van der Waals surface area contributed by atoms with Crippen LogP contribution >= 0.6 is 0 Å². The van der Waals surface area contributed by atoms with Crippen LogP contribution in [0, 0.1) is 5.92 Å². The summed E-state index contributed by atoms with van der Waals surface area (Å²) in [5, 5.41) is 3.57. The Balaban J connectivity index is 1.86. The molecule has 0 amide bonds. The van der Waals surface area contributed by atoms with Crippen LogP contribution in [0.25, 0.3) is 0 Å². The number of hydrogen-bond acceptors (Lipinski definition) is 4. The zero-order valence-corrected chi connectivity index (χ0v) is 11.5. The van der Waals surface area contributed by atoms with E-state index < -0.39 is 9.84 Å². The third-order valence-electron chi connectivity index (χ3n) is 4.03. The maximum absolute atomic E-state index is 11.5. The second-order valence-corrected chi connectivity index (χ2v) is 7.79. The predicted octanol–water partition coefficient (Wildman–Crippen LogP) is 0.495. The van der Waals surface area contributed by atoms with E-state index in [0.29, 0.717) is 30.0 Å². The lowest BCUT2D eigenvalue weighted by molar-refractivity contribution is 0.199. The first-order valence-electron chi connectivity index (χ1n) is 6.73. The van der Waals surface area contributed by atoms with Crippen molar-refractivity contribution in [2.75, 3.05) is 37.7 Å². The van der Waals surface area contributed by atoms with Crippen LogP contribution in [0.2, 0.25) is 0 Å². The summed E-state index contributed by atoms with van der Waals surface area (Å²) in [6.07, 6.45) is 3.36. The summed E-state index contributed by atoms with van der Waals surface area (Å²) in [6.45, 7) is 6.07. The van der Waals surface area contributed by atoms with E-state index in [1.165, 1.54) is 12.8 Å². The monoisotopic (exact) mass is 260 g/mol. The van der Waals surface area contributed by atoms with Gasteiger partial charge in [0.1, 0.15) is 0 Å².